The first kappa shape index (κ1) is 16.8. The summed E-state index contributed by atoms with van der Waals surface area (Å²) in [4.78, 5) is 13.8. The third-order valence-corrected chi connectivity index (χ3v) is 4.19. The summed E-state index contributed by atoms with van der Waals surface area (Å²) >= 11 is 0. The van der Waals surface area contributed by atoms with E-state index in [1.54, 1.807) is 7.05 Å². The molecule has 2 heterocycles. The van der Waals surface area contributed by atoms with Crippen LogP contribution in [0.4, 0.5) is 4.79 Å². The highest BCUT2D eigenvalue weighted by molar-refractivity contribution is 5.74. The Kier molecular flexibility index (Phi) is 5.13. The number of aryl methyl sites for hydroxylation is 2. The number of rotatable bonds is 4. The number of nitrogens with one attached hydrogen (secondary N) is 1. The highest BCUT2D eigenvalue weighted by Crippen LogP contribution is 2.23. The Morgan fingerprint density at radius 1 is 1.45 bits per heavy atom. The minimum Gasteiger partial charge on any atom is -0.466 e. The van der Waals surface area contributed by atoms with E-state index in [2.05, 4.69) is 5.32 Å². The molecular weight excluding hydrogens is 284 g/mol. The largest absolute Gasteiger partial charge is 0.466 e. The lowest BCUT2D eigenvalue weighted by atomic mass is 9.94. The molecule has 0 saturated carbocycles. The van der Waals surface area contributed by atoms with Crippen molar-refractivity contribution in [1.82, 2.24) is 10.2 Å². The first-order chi connectivity index (χ1) is 10.3. The molecular formula is C16H26N2O4. The number of carbonyl (C=O) groups is 1. The fraction of sp³-hybridized carbons (Fsp3) is 0.688. The maximum absolute atomic E-state index is 12.3. The molecule has 1 unspecified atom stereocenters. The summed E-state index contributed by atoms with van der Waals surface area (Å²) in [5, 5.41) is 13.4. The van der Waals surface area contributed by atoms with Crippen LogP contribution in [0.15, 0.2) is 10.5 Å². The van der Waals surface area contributed by atoms with Crippen LogP contribution in [0.5, 0.6) is 0 Å². The second kappa shape index (κ2) is 6.71. The average molecular weight is 310 g/mol. The summed E-state index contributed by atoms with van der Waals surface area (Å²) in [6.45, 7) is 7.08. The first-order valence-corrected chi connectivity index (χ1v) is 7.69. The van der Waals surface area contributed by atoms with Gasteiger partial charge >= 0.3 is 6.03 Å². The van der Waals surface area contributed by atoms with Gasteiger partial charge in [-0.1, -0.05) is 0 Å². The van der Waals surface area contributed by atoms with E-state index >= 15 is 0 Å². The van der Waals surface area contributed by atoms with E-state index in [9.17, 15) is 9.90 Å². The third-order valence-electron chi connectivity index (χ3n) is 4.19. The van der Waals surface area contributed by atoms with Crippen LogP contribution in [0.1, 0.15) is 42.9 Å². The fourth-order valence-corrected chi connectivity index (χ4v) is 2.88. The van der Waals surface area contributed by atoms with Gasteiger partial charge in [-0.25, -0.2) is 4.79 Å². The van der Waals surface area contributed by atoms with Gasteiger partial charge in [-0.2, -0.15) is 0 Å². The van der Waals surface area contributed by atoms with E-state index in [1.165, 1.54) is 4.90 Å². The summed E-state index contributed by atoms with van der Waals surface area (Å²) in [6.07, 6.45) is 1.11. The molecule has 2 N–H and O–H groups in total. The molecule has 0 radical (unpaired) electrons. The van der Waals surface area contributed by atoms with Gasteiger partial charge in [0.25, 0.3) is 0 Å². The zero-order valence-electron chi connectivity index (χ0n) is 13.8. The van der Waals surface area contributed by atoms with Gasteiger partial charge in [-0.3, -0.25) is 0 Å². The Bertz CT molecular complexity index is 520. The lowest BCUT2D eigenvalue weighted by Crippen LogP contribution is -2.50. The lowest BCUT2D eigenvalue weighted by molar-refractivity contribution is -0.0723. The molecule has 0 bridgehead atoms. The number of likely N-dealkylation sites (N-methyl/N-ethyl adjacent to an activating group) is 1. The topological polar surface area (TPSA) is 74.9 Å². The monoisotopic (exact) mass is 310 g/mol. The van der Waals surface area contributed by atoms with Gasteiger partial charge in [0.2, 0.25) is 0 Å². The van der Waals surface area contributed by atoms with Gasteiger partial charge in [-0.15, -0.1) is 0 Å². The van der Waals surface area contributed by atoms with Crippen LogP contribution in [0, 0.1) is 13.8 Å². The molecule has 1 aliphatic heterocycles. The molecule has 2 amide bonds. The molecule has 22 heavy (non-hydrogen) atoms. The summed E-state index contributed by atoms with van der Waals surface area (Å²) in [6, 6.07) is 1.59. The van der Waals surface area contributed by atoms with E-state index in [0.717, 1.165) is 17.1 Å². The normalized spacial score (nSPS) is 18.8. The quantitative estimate of drug-likeness (QED) is 0.893. The van der Waals surface area contributed by atoms with E-state index in [4.69, 9.17) is 9.15 Å². The summed E-state index contributed by atoms with van der Waals surface area (Å²) in [5.41, 5.74) is 0.124. The molecule has 1 atom stereocenters. The predicted molar refractivity (Wildman–Crippen MR) is 82.8 cm³/mol. The van der Waals surface area contributed by atoms with Crippen LogP contribution in [0.3, 0.4) is 0 Å². The molecule has 0 spiro atoms. The lowest BCUT2D eigenvalue weighted by Gasteiger charge is -2.35. The van der Waals surface area contributed by atoms with Crippen molar-refractivity contribution in [2.75, 3.05) is 26.8 Å². The Morgan fingerprint density at radius 2 is 2.09 bits per heavy atom. The van der Waals surface area contributed by atoms with Crippen molar-refractivity contribution in [2.24, 2.45) is 0 Å². The van der Waals surface area contributed by atoms with Crippen molar-refractivity contribution in [2.45, 2.75) is 45.3 Å². The van der Waals surface area contributed by atoms with Gasteiger partial charge in [-0.05, 0) is 26.8 Å². The van der Waals surface area contributed by atoms with Crippen LogP contribution < -0.4 is 5.32 Å². The number of hydrogen-bond donors (Lipinski definition) is 2. The molecule has 1 aromatic rings. The van der Waals surface area contributed by atoms with Crippen LogP contribution in [-0.2, 0) is 4.74 Å². The number of hydrogen-bond acceptors (Lipinski definition) is 4. The minimum atomic E-state index is -0.851. The van der Waals surface area contributed by atoms with Gasteiger partial charge in [0.05, 0.1) is 18.2 Å². The predicted octanol–water partition coefficient (Wildman–Crippen LogP) is 2.14. The number of carbonyl (C=O) groups excluding carboxylic acids is 1. The standard InChI is InChI=1S/C16H26N2O4/c1-11-9-14(13(3)22-11)12(2)17-15(19)18(4)10-16(20)5-7-21-8-6-16/h9,12,20H,5-8,10H2,1-4H3,(H,17,19). The van der Waals surface area contributed by atoms with Crippen molar-refractivity contribution in [3.63, 3.8) is 0 Å². The van der Waals surface area contributed by atoms with E-state index in [1.807, 2.05) is 26.8 Å². The smallest absolute Gasteiger partial charge is 0.317 e. The van der Waals surface area contributed by atoms with Crippen molar-refractivity contribution in [1.29, 1.82) is 0 Å². The number of ether oxygens (including phenoxy) is 1. The second-order valence-electron chi connectivity index (χ2n) is 6.23. The van der Waals surface area contributed by atoms with Crippen molar-refractivity contribution >= 4 is 6.03 Å². The third kappa shape index (κ3) is 4.01. The molecule has 124 valence electrons. The van der Waals surface area contributed by atoms with Crippen LogP contribution in [0.25, 0.3) is 0 Å². The highest BCUT2D eigenvalue weighted by Gasteiger charge is 2.32. The van der Waals surface area contributed by atoms with Crippen molar-refractivity contribution < 1.29 is 19.1 Å². The van der Waals surface area contributed by atoms with Gasteiger partial charge < -0.3 is 24.5 Å². The zero-order valence-corrected chi connectivity index (χ0v) is 13.8. The molecule has 1 aliphatic rings. The van der Waals surface area contributed by atoms with E-state index in [-0.39, 0.29) is 12.1 Å². The Labute approximate surface area is 131 Å². The summed E-state index contributed by atoms with van der Waals surface area (Å²) in [5.74, 6) is 1.65. The number of amides is 2. The van der Waals surface area contributed by atoms with Gasteiger partial charge in [0, 0.05) is 38.7 Å². The highest BCUT2D eigenvalue weighted by atomic mass is 16.5. The summed E-state index contributed by atoms with van der Waals surface area (Å²) in [7, 11) is 1.70. The maximum Gasteiger partial charge on any atom is 0.317 e. The SMILES string of the molecule is Cc1cc(C(C)NC(=O)N(C)CC2(O)CCOCC2)c(C)o1. The molecule has 1 saturated heterocycles. The molecule has 2 rings (SSSR count). The van der Waals surface area contributed by atoms with E-state index in [0.29, 0.717) is 32.6 Å². The van der Waals surface area contributed by atoms with Crippen LogP contribution in [-0.4, -0.2) is 48.4 Å². The van der Waals surface area contributed by atoms with Crippen LogP contribution >= 0.6 is 0 Å². The zero-order chi connectivity index (χ0) is 16.3. The number of urea groups is 1. The molecule has 6 nitrogen and oxygen atoms in total. The Morgan fingerprint density at radius 3 is 2.64 bits per heavy atom. The Hall–Kier alpha value is -1.53. The Balaban J connectivity index is 1.92. The number of furan rings is 1. The number of aliphatic hydroxyl groups is 1. The fourth-order valence-electron chi connectivity index (χ4n) is 2.88. The summed E-state index contributed by atoms with van der Waals surface area (Å²) < 4.78 is 10.8. The van der Waals surface area contributed by atoms with Gasteiger partial charge in [0.15, 0.2) is 0 Å². The molecule has 0 aromatic carbocycles. The van der Waals surface area contributed by atoms with Gasteiger partial charge in [0.1, 0.15) is 11.5 Å². The van der Waals surface area contributed by atoms with Crippen molar-refractivity contribution in [3.8, 4) is 0 Å². The first-order valence-electron chi connectivity index (χ1n) is 7.69. The minimum absolute atomic E-state index is 0.142. The molecule has 1 aromatic heterocycles. The maximum atomic E-state index is 12.3. The second-order valence-corrected chi connectivity index (χ2v) is 6.23. The van der Waals surface area contributed by atoms with Crippen molar-refractivity contribution in [3.05, 3.63) is 23.2 Å². The molecule has 1 fully saturated rings. The average Bonchev–Trinajstić information content (AvgIpc) is 2.78. The van der Waals surface area contributed by atoms with E-state index < -0.39 is 5.60 Å². The number of nitrogens with zero attached hydrogens (tertiary/aromatic N) is 1. The van der Waals surface area contributed by atoms with Crippen LogP contribution in [0.2, 0.25) is 0 Å². The molecule has 6 heteroatoms. The molecule has 0 aliphatic carbocycles.